The number of hydrogen-bond donors (Lipinski definition) is 1. The summed E-state index contributed by atoms with van der Waals surface area (Å²) >= 11 is 0. The topological polar surface area (TPSA) is 174 Å². The fraction of sp³-hybridized carbons (Fsp3) is 0.225. The zero-order chi connectivity index (χ0) is 62.8. The third-order valence-electron chi connectivity index (χ3n) is 15.9. The molecule has 10 rings (SSSR count). The maximum Gasteiger partial charge on any atom is 0.372 e. The van der Waals surface area contributed by atoms with Crippen LogP contribution in [0.2, 0.25) is 0 Å². The SMILES string of the molecule is CC#N.CC#N.CC(C)c1cc(C(c2ccccc2)c2ccccc2)c(OP(=O)([O-])Oc2c(C(c3ccccc3)c3ccccc3)cc(C(C)C)cc2C(c2ccccc2)c2ccccc2)c(C(c2ccccc2)c2ccccc2)c1.CC[NH+](CC)CC.O.O. The molecule has 0 aliphatic rings. The van der Waals surface area contributed by atoms with Crippen molar-refractivity contribution in [2.45, 2.75) is 97.8 Å². The van der Waals surface area contributed by atoms with Crippen molar-refractivity contribution >= 4 is 7.82 Å². The summed E-state index contributed by atoms with van der Waals surface area (Å²) in [6, 6.07) is 94.5. The maximum absolute atomic E-state index is 16.2. The molecule has 10 aromatic rings. The van der Waals surface area contributed by atoms with E-state index >= 15 is 9.46 Å². The summed E-state index contributed by atoms with van der Waals surface area (Å²) in [7, 11) is -5.46. The van der Waals surface area contributed by atoms with Crippen LogP contribution in [0.5, 0.6) is 11.5 Å². The molecule has 10 heteroatoms. The molecular formula is C80H88N3O6P. The quantitative estimate of drug-likeness (QED) is 0.0554. The summed E-state index contributed by atoms with van der Waals surface area (Å²) in [5, 5.41) is 14.6. The Bertz CT molecular complexity index is 3190. The molecule has 0 fully saturated rings. The third-order valence-corrected chi connectivity index (χ3v) is 16.7. The Morgan fingerprint density at radius 2 is 0.511 bits per heavy atom. The molecule has 0 radical (unpaired) electrons. The second kappa shape index (κ2) is 36.4. The summed E-state index contributed by atoms with van der Waals surface area (Å²) in [5.41, 5.74) is 12.9. The summed E-state index contributed by atoms with van der Waals surface area (Å²) in [5.74, 6) is -1.07. The van der Waals surface area contributed by atoms with Crippen LogP contribution in [-0.2, 0) is 4.57 Å². The van der Waals surface area contributed by atoms with Gasteiger partial charge in [0, 0.05) is 59.8 Å². The van der Waals surface area contributed by atoms with E-state index in [1.54, 1.807) is 17.0 Å². The average Bonchev–Trinajstić information content (AvgIpc) is 0.781. The van der Waals surface area contributed by atoms with Crippen LogP contribution in [0, 0.1) is 22.7 Å². The van der Waals surface area contributed by atoms with Gasteiger partial charge in [-0.15, -0.1) is 0 Å². The Morgan fingerprint density at radius 3 is 0.633 bits per heavy atom. The van der Waals surface area contributed by atoms with Gasteiger partial charge in [0.25, 0.3) is 0 Å². The van der Waals surface area contributed by atoms with Gasteiger partial charge in [-0.2, -0.15) is 10.5 Å². The number of nitrogens with one attached hydrogen (secondary N) is 1. The van der Waals surface area contributed by atoms with Crippen molar-refractivity contribution in [2.75, 3.05) is 19.6 Å². The van der Waals surface area contributed by atoms with Crippen molar-refractivity contribution in [2.24, 2.45) is 0 Å². The number of rotatable bonds is 21. The number of nitriles is 2. The highest BCUT2D eigenvalue weighted by Crippen LogP contribution is 2.55. The van der Waals surface area contributed by atoms with E-state index in [0.717, 1.165) is 77.9 Å². The van der Waals surface area contributed by atoms with Crippen LogP contribution in [-0.4, -0.2) is 30.6 Å². The minimum absolute atomic E-state index is 0. The second-order valence-electron chi connectivity index (χ2n) is 22.3. The molecule has 5 N–H and O–H groups in total. The molecule has 0 saturated carbocycles. The molecule has 0 atom stereocenters. The van der Waals surface area contributed by atoms with Crippen molar-refractivity contribution < 1.29 is 34.4 Å². The molecule has 464 valence electrons. The highest BCUT2D eigenvalue weighted by molar-refractivity contribution is 7.46. The monoisotopic (exact) mass is 1220 g/mol. The van der Waals surface area contributed by atoms with Gasteiger partial charge >= 0.3 is 7.82 Å². The number of phosphoric ester groups is 1. The second-order valence-corrected chi connectivity index (χ2v) is 23.5. The lowest BCUT2D eigenvalue weighted by atomic mass is 9.78. The molecule has 0 aliphatic heterocycles. The van der Waals surface area contributed by atoms with Crippen molar-refractivity contribution in [3.63, 3.8) is 0 Å². The van der Waals surface area contributed by atoms with E-state index < -0.39 is 31.5 Å². The normalized spacial score (nSPS) is 10.8. The van der Waals surface area contributed by atoms with Crippen LogP contribution in [0.25, 0.3) is 0 Å². The predicted octanol–water partition coefficient (Wildman–Crippen LogP) is 16.9. The number of phosphoric acid groups is 1. The van der Waals surface area contributed by atoms with E-state index in [0.29, 0.717) is 0 Å². The maximum atomic E-state index is 16.2. The Morgan fingerprint density at radius 1 is 0.356 bits per heavy atom. The van der Waals surface area contributed by atoms with Gasteiger partial charge in [0.1, 0.15) is 11.5 Å². The van der Waals surface area contributed by atoms with Crippen LogP contribution < -0.4 is 18.8 Å². The molecule has 0 heterocycles. The van der Waals surface area contributed by atoms with Gasteiger partial charge < -0.3 is 29.8 Å². The van der Waals surface area contributed by atoms with E-state index in [1.807, 2.05) is 146 Å². The van der Waals surface area contributed by atoms with Crippen LogP contribution >= 0.6 is 7.82 Å². The summed E-state index contributed by atoms with van der Waals surface area (Å²) in [6.07, 6.45) is 0. The van der Waals surface area contributed by atoms with E-state index in [-0.39, 0.29) is 34.3 Å². The van der Waals surface area contributed by atoms with E-state index in [2.05, 4.69) is 170 Å². The molecule has 0 bridgehead atoms. The molecular weight excluding hydrogens is 1130 g/mol. The van der Waals surface area contributed by atoms with Gasteiger partial charge in [-0.25, -0.2) is 4.57 Å². The Hall–Kier alpha value is -9.15. The van der Waals surface area contributed by atoms with Crippen LogP contribution in [0.15, 0.2) is 267 Å². The van der Waals surface area contributed by atoms with Crippen molar-refractivity contribution in [3.05, 3.63) is 345 Å². The average molecular weight is 1220 g/mol. The van der Waals surface area contributed by atoms with Gasteiger partial charge in [-0.05, 0) is 88.2 Å². The first-order chi connectivity index (χ1) is 42.8. The largest absolute Gasteiger partial charge is 0.736 e. The number of nitrogens with zero attached hydrogens (tertiary/aromatic N) is 2. The van der Waals surface area contributed by atoms with Crippen LogP contribution in [0.3, 0.4) is 0 Å². The molecule has 9 nitrogen and oxygen atoms in total. The molecule has 0 aliphatic carbocycles. The van der Waals surface area contributed by atoms with Gasteiger partial charge in [0.2, 0.25) is 0 Å². The van der Waals surface area contributed by atoms with Gasteiger partial charge in [0.15, 0.2) is 0 Å². The van der Waals surface area contributed by atoms with Gasteiger partial charge in [-0.3, -0.25) is 0 Å². The van der Waals surface area contributed by atoms with E-state index in [9.17, 15) is 0 Å². The lowest BCUT2D eigenvalue weighted by Gasteiger charge is -2.35. The number of quaternary nitrogens is 1. The van der Waals surface area contributed by atoms with Crippen LogP contribution in [0.1, 0.15) is 176 Å². The van der Waals surface area contributed by atoms with Gasteiger partial charge in [0.05, 0.1) is 31.8 Å². The Labute approximate surface area is 535 Å². The summed E-state index contributed by atoms with van der Waals surface area (Å²) in [6.45, 7) is 22.1. The molecule has 90 heavy (non-hydrogen) atoms. The van der Waals surface area contributed by atoms with Crippen molar-refractivity contribution in [1.82, 2.24) is 0 Å². The standard InChI is InChI=1S/C70H63O4P.C6H15N.2C2H3N.2H2O/c1-49(2)59-45-61(65(51-29-13-5-14-30-51)52-31-15-6-16-32-52)69(62(46-59)66(53-33-17-7-18-34-53)54-35-19-8-20-36-54)73-75(71,72)74-70-63(67(55-37-21-9-22-38-55)56-39-23-10-24-40-56)47-60(50(3)4)48-64(70)68(57-41-25-11-26-42-57)58-43-27-12-28-44-58;1-4-7(5-2)6-3;2*1-2-3;;/h5-50,65-68H,1-4H3,(H,71,72);4-6H2,1-3H3;2*1H3;2*1H2. The molecule has 10 aromatic carbocycles. The Kier molecular flexibility index (Phi) is 28.9. The zero-order valence-electron chi connectivity index (χ0n) is 53.5. The molecule has 0 spiro atoms. The molecule has 0 saturated heterocycles. The van der Waals surface area contributed by atoms with Crippen molar-refractivity contribution in [3.8, 4) is 23.6 Å². The minimum Gasteiger partial charge on any atom is -0.736 e. The molecule has 0 amide bonds. The fourth-order valence-corrected chi connectivity index (χ4v) is 12.4. The highest BCUT2D eigenvalue weighted by Gasteiger charge is 2.35. The summed E-state index contributed by atoms with van der Waals surface area (Å²) in [4.78, 5) is 17.9. The highest BCUT2D eigenvalue weighted by atomic mass is 31.2. The van der Waals surface area contributed by atoms with Crippen molar-refractivity contribution in [1.29, 1.82) is 10.5 Å². The molecule has 0 aromatic heterocycles. The summed E-state index contributed by atoms with van der Waals surface area (Å²) < 4.78 is 30.2. The van der Waals surface area contributed by atoms with E-state index in [4.69, 9.17) is 19.6 Å². The number of benzene rings is 10. The first-order valence-corrected chi connectivity index (χ1v) is 32.2. The molecule has 0 unspecified atom stereocenters. The number of hydrogen-bond acceptors (Lipinski definition) is 6. The minimum atomic E-state index is -5.46. The zero-order valence-corrected chi connectivity index (χ0v) is 54.4. The Balaban J connectivity index is 0.000000896. The first-order valence-electron chi connectivity index (χ1n) is 30.7. The van der Waals surface area contributed by atoms with Crippen LogP contribution in [0.4, 0.5) is 0 Å². The predicted molar refractivity (Wildman–Crippen MR) is 368 cm³/mol. The van der Waals surface area contributed by atoms with E-state index in [1.165, 1.54) is 33.5 Å². The smallest absolute Gasteiger partial charge is 0.372 e. The first kappa shape index (κ1) is 71.6. The fourth-order valence-electron chi connectivity index (χ4n) is 11.5. The third kappa shape index (κ3) is 18.9. The lowest BCUT2D eigenvalue weighted by Crippen LogP contribution is -3.11. The van der Waals surface area contributed by atoms with Gasteiger partial charge in [-0.1, -0.05) is 295 Å². The lowest BCUT2D eigenvalue weighted by molar-refractivity contribution is -0.894.